The SMILES string of the molecule is C=C(Cl)COc1ccc(CNCC)cc1C(F)(F)F. The molecule has 1 rings (SSSR count). The second-order valence-electron chi connectivity index (χ2n) is 3.91. The van der Waals surface area contributed by atoms with Crippen LogP contribution in [-0.4, -0.2) is 13.2 Å². The minimum Gasteiger partial charge on any atom is -0.487 e. The summed E-state index contributed by atoms with van der Waals surface area (Å²) in [7, 11) is 0. The largest absolute Gasteiger partial charge is 0.487 e. The molecule has 0 aliphatic carbocycles. The van der Waals surface area contributed by atoms with E-state index >= 15 is 0 Å². The Kier molecular flexibility index (Phi) is 5.69. The molecule has 0 bridgehead atoms. The molecular formula is C13H15ClF3NO. The first-order valence-electron chi connectivity index (χ1n) is 5.71. The molecule has 0 saturated carbocycles. The smallest absolute Gasteiger partial charge is 0.419 e. The van der Waals surface area contributed by atoms with Crippen LogP contribution in [0.5, 0.6) is 5.75 Å². The third-order valence-electron chi connectivity index (χ3n) is 2.31. The maximum atomic E-state index is 12.9. The van der Waals surface area contributed by atoms with Crippen LogP contribution in [0.25, 0.3) is 0 Å². The van der Waals surface area contributed by atoms with E-state index in [4.69, 9.17) is 16.3 Å². The van der Waals surface area contributed by atoms with Gasteiger partial charge in [0.2, 0.25) is 0 Å². The van der Waals surface area contributed by atoms with Gasteiger partial charge in [-0.05, 0) is 24.2 Å². The number of benzene rings is 1. The second kappa shape index (κ2) is 6.82. The minimum absolute atomic E-state index is 0.143. The molecule has 0 aliphatic rings. The first kappa shape index (κ1) is 15.9. The first-order valence-corrected chi connectivity index (χ1v) is 6.09. The fourth-order valence-electron chi connectivity index (χ4n) is 1.46. The van der Waals surface area contributed by atoms with E-state index in [2.05, 4.69) is 11.9 Å². The predicted molar refractivity (Wildman–Crippen MR) is 69.3 cm³/mol. The van der Waals surface area contributed by atoms with E-state index < -0.39 is 11.7 Å². The van der Waals surface area contributed by atoms with Crippen LogP contribution in [0.15, 0.2) is 29.8 Å². The fraction of sp³-hybridized carbons (Fsp3) is 0.385. The summed E-state index contributed by atoms with van der Waals surface area (Å²) in [6.07, 6.45) is -4.47. The normalized spacial score (nSPS) is 11.4. The first-order chi connectivity index (χ1) is 8.84. The van der Waals surface area contributed by atoms with Gasteiger partial charge in [0.05, 0.1) is 5.56 Å². The fourth-order valence-corrected chi connectivity index (χ4v) is 1.51. The molecule has 6 heteroatoms. The number of hydrogen-bond donors (Lipinski definition) is 1. The highest BCUT2D eigenvalue weighted by atomic mass is 35.5. The van der Waals surface area contributed by atoms with Crippen molar-refractivity contribution < 1.29 is 17.9 Å². The zero-order chi connectivity index (χ0) is 14.5. The Morgan fingerprint density at radius 2 is 2.11 bits per heavy atom. The van der Waals surface area contributed by atoms with Crippen LogP contribution in [0.3, 0.4) is 0 Å². The summed E-state index contributed by atoms with van der Waals surface area (Å²) in [4.78, 5) is 0. The molecule has 0 spiro atoms. The van der Waals surface area contributed by atoms with Crippen molar-refractivity contribution in [2.45, 2.75) is 19.6 Å². The van der Waals surface area contributed by atoms with Gasteiger partial charge in [0.1, 0.15) is 12.4 Å². The lowest BCUT2D eigenvalue weighted by molar-refractivity contribution is -0.138. The Balaban J connectivity index is 2.99. The zero-order valence-electron chi connectivity index (χ0n) is 10.5. The lowest BCUT2D eigenvalue weighted by atomic mass is 10.1. The molecule has 0 heterocycles. The van der Waals surface area contributed by atoms with Crippen LogP contribution >= 0.6 is 11.6 Å². The third kappa shape index (κ3) is 5.12. The standard InChI is InChI=1S/C13H15ClF3NO/c1-3-18-7-10-4-5-12(19-8-9(2)14)11(6-10)13(15,16)17/h4-6,18H,2-3,7-8H2,1H3. The van der Waals surface area contributed by atoms with Crippen LogP contribution in [0.4, 0.5) is 13.2 Å². The van der Waals surface area contributed by atoms with Crippen molar-refractivity contribution in [3.05, 3.63) is 40.9 Å². The molecule has 2 nitrogen and oxygen atoms in total. The summed E-state index contributed by atoms with van der Waals surface area (Å²) in [5.74, 6) is -0.241. The van der Waals surface area contributed by atoms with Crippen LogP contribution in [-0.2, 0) is 12.7 Å². The third-order valence-corrected chi connectivity index (χ3v) is 2.42. The average molecular weight is 294 g/mol. The van der Waals surface area contributed by atoms with Crippen LogP contribution in [0.2, 0.25) is 0 Å². The van der Waals surface area contributed by atoms with Crippen LogP contribution < -0.4 is 10.1 Å². The average Bonchev–Trinajstić information content (AvgIpc) is 2.33. The Morgan fingerprint density at radius 1 is 1.42 bits per heavy atom. The predicted octanol–water partition coefficient (Wildman–Crippen LogP) is 3.95. The number of rotatable bonds is 6. The number of alkyl halides is 3. The lowest BCUT2D eigenvalue weighted by Gasteiger charge is -2.15. The number of hydrogen-bond acceptors (Lipinski definition) is 2. The van der Waals surface area contributed by atoms with E-state index in [0.717, 1.165) is 6.07 Å². The molecule has 0 saturated heterocycles. The summed E-state index contributed by atoms with van der Waals surface area (Å²) >= 11 is 5.48. The Hall–Kier alpha value is -1.20. The highest BCUT2D eigenvalue weighted by molar-refractivity contribution is 6.29. The molecule has 106 valence electrons. The van der Waals surface area contributed by atoms with E-state index in [0.29, 0.717) is 18.7 Å². The highest BCUT2D eigenvalue weighted by Crippen LogP contribution is 2.37. The van der Waals surface area contributed by atoms with Gasteiger partial charge in [-0.15, -0.1) is 0 Å². The highest BCUT2D eigenvalue weighted by Gasteiger charge is 2.34. The van der Waals surface area contributed by atoms with Crippen molar-refractivity contribution in [3.63, 3.8) is 0 Å². The second-order valence-corrected chi connectivity index (χ2v) is 4.45. The maximum absolute atomic E-state index is 12.9. The summed E-state index contributed by atoms with van der Waals surface area (Å²) in [6.45, 7) is 6.16. The van der Waals surface area contributed by atoms with Crippen molar-refractivity contribution >= 4 is 11.6 Å². The molecule has 19 heavy (non-hydrogen) atoms. The van der Waals surface area contributed by atoms with Gasteiger partial charge < -0.3 is 10.1 Å². The van der Waals surface area contributed by atoms with Crippen molar-refractivity contribution in [1.29, 1.82) is 0 Å². The van der Waals surface area contributed by atoms with Gasteiger partial charge in [0.15, 0.2) is 0 Å². The number of halogens is 4. The van der Waals surface area contributed by atoms with Crippen LogP contribution in [0, 0.1) is 0 Å². The van der Waals surface area contributed by atoms with Crippen molar-refractivity contribution in [2.24, 2.45) is 0 Å². The van der Waals surface area contributed by atoms with Gasteiger partial charge in [0.25, 0.3) is 0 Å². The number of ether oxygens (including phenoxy) is 1. The van der Waals surface area contributed by atoms with E-state index in [1.54, 1.807) is 6.07 Å². The van der Waals surface area contributed by atoms with E-state index in [1.165, 1.54) is 6.07 Å². The van der Waals surface area contributed by atoms with Gasteiger partial charge in [-0.3, -0.25) is 0 Å². The summed E-state index contributed by atoms with van der Waals surface area (Å²) in [5, 5.41) is 3.11. The lowest BCUT2D eigenvalue weighted by Crippen LogP contribution is -2.14. The molecule has 0 aliphatic heterocycles. The Labute approximate surface area is 115 Å². The van der Waals surface area contributed by atoms with Crippen LogP contribution in [0.1, 0.15) is 18.1 Å². The zero-order valence-corrected chi connectivity index (χ0v) is 11.2. The molecule has 0 unspecified atom stereocenters. The quantitative estimate of drug-likeness (QED) is 0.857. The molecule has 0 fully saturated rings. The minimum atomic E-state index is -4.47. The topological polar surface area (TPSA) is 21.3 Å². The summed E-state index contributed by atoms with van der Waals surface area (Å²) in [6, 6.07) is 3.97. The molecule has 0 radical (unpaired) electrons. The van der Waals surface area contributed by atoms with Crippen molar-refractivity contribution in [3.8, 4) is 5.75 Å². The van der Waals surface area contributed by atoms with Gasteiger partial charge in [-0.2, -0.15) is 13.2 Å². The molecule has 0 amide bonds. The van der Waals surface area contributed by atoms with Crippen molar-refractivity contribution in [2.75, 3.05) is 13.2 Å². The Bertz CT molecular complexity index is 446. The summed E-state index contributed by atoms with van der Waals surface area (Å²) in [5.41, 5.74) is -0.257. The number of nitrogens with one attached hydrogen (secondary N) is 1. The monoisotopic (exact) mass is 293 g/mol. The molecular weight excluding hydrogens is 279 g/mol. The van der Waals surface area contributed by atoms with Crippen molar-refractivity contribution in [1.82, 2.24) is 5.32 Å². The van der Waals surface area contributed by atoms with E-state index in [-0.39, 0.29) is 17.4 Å². The van der Waals surface area contributed by atoms with Gasteiger partial charge in [0, 0.05) is 11.6 Å². The molecule has 1 N–H and O–H groups in total. The Morgan fingerprint density at radius 3 is 2.63 bits per heavy atom. The molecule has 0 atom stereocenters. The molecule has 0 aromatic heterocycles. The van der Waals surface area contributed by atoms with Gasteiger partial charge >= 0.3 is 6.18 Å². The molecule has 1 aromatic rings. The molecule has 1 aromatic carbocycles. The summed E-state index contributed by atoms with van der Waals surface area (Å²) < 4.78 is 43.8. The van der Waals surface area contributed by atoms with Gasteiger partial charge in [-0.1, -0.05) is 31.2 Å². The van der Waals surface area contributed by atoms with Gasteiger partial charge in [-0.25, -0.2) is 0 Å². The van der Waals surface area contributed by atoms with E-state index in [9.17, 15) is 13.2 Å². The maximum Gasteiger partial charge on any atom is 0.419 e. The van der Waals surface area contributed by atoms with E-state index in [1.807, 2.05) is 6.92 Å².